The Kier molecular flexibility index (Phi) is 4.28. The molecule has 0 aromatic rings. The molecule has 1 saturated heterocycles. The van der Waals surface area contributed by atoms with Gasteiger partial charge in [0.15, 0.2) is 0 Å². The topological polar surface area (TPSA) is 66.8 Å². The molecule has 0 unspecified atom stereocenters. The number of ether oxygens (including phenoxy) is 1. The number of halogens is 1. The molecule has 90 valence electrons. The summed E-state index contributed by atoms with van der Waals surface area (Å²) in [6, 6.07) is -0.568. The number of hydrogen-bond acceptors (Lipinski definition) is 3. The summed E-state index contributed by atoms with van der Waals surface area (Å²) in [5.41, 5.74) is 0. The number of rotatable bonds is 3. The van der Waals surface area contributed by atoms with Gasteiger partial charge in [-0.05, 0) is 25.8 Å². The van der Waals surface area contributed by atoms with Gasteiger partial charge in [0, 0.05) is 6.54 Å². The first-order valence-electron chi connectivity index (χ1n) is 5.10. The lowest BCUT2D eigenvalue weighted by molar-refractivity contribution is -0.140. The fraction of sp³-hybridized carbons (Fsp3) is 0.600. The maximum absolute atomic E-state index is 13.2. The van der Waals surface area contributed by atoms with Gasteiger partial charge >= 0.3 is 12.1 Å². The molecule has 1 aliphatic heterocycles. The van der Waals surface area contributed by atoms with E-state index < -0.39 is 23.9 Å². The SMILES string of the molecule is CCOC(=O)/C(F)=C/[C@@H]1CCCN1C(=O)O. The number of hydrogen-bond donors (Lipinski definition) is 1. The molecule has 1 fully saturated rings. The van der Waals surface area contributed by atoms with Gasteiger partial charge in [-0.1, -0.05) is 0 Å². The van der Waals surface area contributed by atoms with Crippen LogP contribution in [0.5, 0.6) is 0 Å². The van der Waals surface area contributed by atoms with E-state index in [1.165, 1.54) is 0 Å². The van der Waals surface area contributed by atoms with Crippen molar-refractivity contribution in [2.75, 3.05) is 13.2 Å². The summed E-state index contributed by atoms with van der Waals surface area (Å²) in [6.45, 7) is 2.03. The Labute approximate surface area is 92.5 Å². The van der Waals surface area contributed by atoms with Gasteiger partial charge in [0.2, 0.25) is 5.83 Å². The number of amides is 1. The van der Waals surface area contributed by atoms with Crippen LogP contribution in [0.2, 0.25) is 0 Å². The summed E-state index contributed by atoms with van der Waals surface area (Å²) < 4.78 is 17.7. The van der Waals surface area contributed by atoms with Crippen LogP contribution in [-0.2, 0) is 9.53 Å². The van der Waals surface area contributed by atoms with Crippen LogP contribution in [0, 0.1) is 0 Å². The Hall–Kier alpha value is -1.59. The third kappa shape index (κ3) is 2.95. The largest absolute Gasteiger partial charge is 0.465 e. The highest BCUT2D eigenvalue weighted by molar-refractivity contribution is 5.86. The molecule has 0 saturated carbocycles. The van der Waals surface area contributed by atoms with Gasteiger partial charge in [-0.2, -0.15) is 4.39 Å². The van der Waals surface area contributed by atoms with Crippen molar-refractivity contribution in [2.45, 2.75) is 25.8 Å². The van der Waals surface area contributed by atoms with Crippen molar-refractivity contribution in [3.63, 3.8) is 0 Å². The number of esters is 1. The molecule has 5 nitrogen and oxygen atoms in total. The van der Waals surface area contributed by atoms with Crippen molar-refractivity contribution in [3.05, 3.63) is 11.9 Å². The van der Waals surface area contributed by atoms with E-state index in [1.54, 1.807) is 6.92 Å². The second-order valence-corrected chi connectivity index (χ2v) is 3.42. The normalized spacial score (nSPS) is 21.0. The minimum atomic E-state index is -1.10. The van der Waals surface area contributed by atoms with E-state index in [0.717, 1.165) is 11.0 Å². The first-order valence-corrected chi connectivity index (χ1v) is 5.10. The molecule has 1 atom stereocenters. The molecular formula is C10H14FNO4. The molecule has 6 heteroatoms. The van der Waals surface area contributed by atoms with Crippen LogP contribution < -0.4 is 0 Å². The van der Waals surface area contributed by atoms with Gasteiger partial charge in [0.25, 0.3) is 0 Å². The molecule has 1 aliphatic rings. The second-order valence-electron chi connectivity index (χ2n) is 3.42. The summed E-state index contributed by atoms with van der Waals surface area (Å²) in [6.07, 6.45) is 1.11. The lowest BCUT2D eigenvalue weighted by Crippen LogP contribution is -2.33. The van der Waals surface area contributed by atoms with E-state index in [9.17, 15) is 14.0 Å². The summed E-state index contributed by atoms with van der Waals surface area (Å²) in [5, 5.41) is 8.80. The maximum atomic E-state index is 13.2. The summed E-state index contributed by atoms with van der Waals surface area (Å²) in [5.74, 6) is -2.07. The quantitative estimate of drug-likeness (QED) is 0.591. The molecule has 1 N–H and O–H groups in total. The van der Waals surface area contributed by atoms with Crippen LogP contribution in [0.4, 0.5) is 9.18 Å². The third-order valence-electron chi connectivity index (χ3n) is 2.35. The van der Waals surface area contributed by atoms with Crippen molar-refractivity contribution in [2.24, 2.45) is 0 Å². The first kappa shape index (κ1) is 12.5. The molecule has 0 aromatic heterocycles. The average Bonchev–Trinajstić information content (AvgIpc) is 2.66. The van der Waals surface area contributed by atoms with E-state index in [2.05, 4.69) is 4.74 Å². The van der Waals surface area contributed by atoms with Crippen molar-refractivity contribution < 1.29 is 23.8 Å². The number of nitrogens with zero attached hydrogens (tertiary/aromatic N) is 1. The Morgan fingerprint density at radius 3 is 2.88 bits per heavy atom. The van der Waals surface area contributed by atoms with Gasteiger partial charge in [0.05, 0.1) is 12.6 Å². The molecule has 0 spiro atoms. The van der Waals surface area contributed by atoms with E-state index in [-0.39, 0.29) is 6.61 Å². The van der Waals surface area contributed by atoms with Crippen LogP contribution >= 0.6 is 0 Å². The van der Waals surface area contributed by atoms with Crippen LogP contribution in [0.25, 0.3) is 0 Å². The Morgan fingerprint density at radius 1 is 1.62 bits per heavy atom. The van der Waals surface area contributed by atoms with Crippen LogP contribution in [-0.4, -0.2) is 41.3 Å². The smallest absolute Gasteiger partial charge is 0.407 e. The van der Waals surface area contributed by atoms with Crippen molar-refractivity contribution >= 4 is 12.1 Å². The minimum absolute atomic E-state index is 0.0907. The van der Waals surface area contributed by atoms with Crippen molar-refractivity contribution in [3.8, 4) is 0 Å². The fourth-order valence-corrected chi connectivity index (χ4v) is 1.64. The minimum Gasteiger partial charge on any atom is -0.465 e. The number of carbonyl (C=O) groups excluding carboxylic acids is 1. The predicted octanol–water partition coefficient (Wildman–Crippen LogP) is 1.55. The van der Waals surface area contributed by atoms with Crippen LogP contribution in [0.3, 0.4) is 0 Å². The molecule has 0 aromatic carbocycles. The van der Waals surface area contributed by atoms with E-state index in [1.807, 2.05) is 0 Å². The second kappa shape index (κ2) is 5.48. The zero-order valence-corrected chi connectivity index (χ0v) is 8.98. The first-order chi connectivity index (χ1) is 7.56. The van der Waals surface area contributed by atoms with Crippen LogP contribution in [0.15, 0.2) is 11.9 Å². The highest BCUT2D eigenvalue weighted by Gasteiger charge is 2.28. The van der Waals surface area contributed by atoms with Crippen molar-refractivity contribution in [1.29, 1.82) is 0 Å². The Balaban J connectivity index is 2.67. The zero-order valence-electron chi connectivity index (χ0n) is 8.98. The van der Waals surface area contributed by atoms with Gasteiger partial charge in [-0.3, -0.25) is 0 Å². The molecule has 16 heavy (non-hydrogen) atoms. The molecule has 0 bridgehead atoms. The molecule has 1 heterocycles. The van der Waals surface area contributed by atoms with Gasteiger partial charge < -0.3 is 14.7 Å². The average molecular weight is 231 g/mol. The molecule has 1 amide bonds. The summed E-state index contributed by atoms with van der Waals surface area (Å²) >= 11 is 0. The van der Waals surface area contributed by atoms with Crippen molar-refractivity contribution in [1.82, 2.24) is 4.90 Å². The summed E-state index contributed by atoms with van der Waals surface area (Å²) in [7, 11) is 0. The molecule has 1 rings (SSSR count). The van der Waals surface area contributed by atoms with Gasteiger partial charge in [-0.25, -0.2) is 9.59 Å². The summed E-state index contributed by atoms with van der Waals surface area (Å²) in [4.78, 5) is 22.8. The number of carbonyl (C=O) groups is 2. The molecular weight excluding hydrogens is 217 g/mol. The number of carboxylic acid groups (broad SMARTS) is 1. The lowest BCUT2D eigenvalue weighted by atomic mass is 10.2. The molecule has 0 aliphatic carbocycles. The van der Waals surface area contributed by atoms with Crippen LogP contribution in [0.1, 0.15) is 19.8 Å². The number of likely N-dealkylation sites (tertiary alicyclic amines) is 1. The Bertz CT molecular complexity index is 316. The monoisotopic (exact) mass is 231 g/mol. The fourth-order valence-electron chi connectivity index (χ4n) is 1.64. The van der Waals surface area contributed by atoms with E-state index in [0.29, 0.717) is 19.4 Å². The van der Waals surface area contributed by atoms with Gasteiger partial charge in [0.1, 0.15) is 0 Å². The zero-order chi connectivity index (χ0) is 12.1. The lowest BCUT2D eigenvalue weighted by Gasteiger charge is -2.17. The molecule has 0 radical (unpaired) electrons. The standard InChI is InChI=1S/C10H14FNO4/c1-2-16-9(13)8(11)6-7-4-3-5-12(7)10(14)15/h6-7H,2-5H2,1H3,(H,14,15)/b8-6-/t7-/m0/s1. The van der Waals surface area contributed by atoms with E-state index >= 15 is 0 Å². The maximum Gasteiger partial charge on any atom is 0.407 e. The highest BCUT2D eigenvalue weighted by Crippen LogP contribution is 2.20. The van der Waals surface area contributed by atoms with E-state index in [4.69, 9.17) is 5.11 Å². The highest BCUT2D eigenvalue weighted by atomic mass is 19.1. The predicted molar refractivity (Wildman–Crippen MR) is 53.6 cm³/mol. The Morgan fingerprint density at radius 2 is 2.31 bits per heavy atom. The van der Waals surface area contributed by atoms with Gasteiger partial charge in [-0.15, -0.1) is 0 Å². The third-order valence-corrected chi connectivity index (χ3v) is 2.35.